The predicted octanol–water partition coefficient (Wildman–Crippen LogP) is 3.52. The van der Waals surface area contributed by atoms with Crippen LogP contribution in [0.3, 0.4) is 0 Å². The van der Waals surface area contributed by atoms with Gasteiger partial charge in [0.25, 0.3) is 5.91 Å². The average molecular weight is 357 g/mol. The minimum absolute atomic E-state index is 0.252. The van der Waals surface area contributed by atoms with E-state index in [0.717, 1.165) is 30.0 Å². The second-order valence-electron chi connectivity index (χ2n) is 6.37. The molecule has 0 aliphatic carbocycles. The summed E-state index contributed by atoms with van der Waals surface area (Å²) >= 11 is 0. The number of carbonyl (C=O) groups excluding carboxylic acids is 1. The van der Waals surface area contributed by atoms with Crippen LogP contribution in [0.4, 0.5) is 15.8 Å². The molecule has 2 aromatic rings. The van der Waals surface area contributed by atoms with Crippen molar-refractivity contribution in [2.75, 3.05) is 36.5 Å². The highest BCUT2D eigenvalue weighted by molar-refractivity contribution is 6.05. The van der Waals surface area contributed by atoms with Crippen LogP contribution in [0.2, 0.25) is 0 Å². The number of hydrogen-bond acceptors (Lipinski definition) is 3. The van der Waals surface area contributed by atoms with Crippen LogP contribution in [-0.2, 0) is 11.3 Å². The average Bonchev–Trinajstić information content (AvgIpc) is 2.86. The Morgan fingerprint density at radius 1 is 1.35 bits per heavy atom. The lowest BCUT2D eigenvalue weighted by Gasteiger charge is -2.29. The van der Waals surface area contributed by atoms with Gasteiger partial charge in [0.1, 0.15) is 11.5 Å². The molecule has 138 valence electrons. The molecule has 1 aromatic carbocycles. The molecule has 1 aromatic heterocycles. The number of amides is 1. The molecule has 6 heteroatoms. The normalized spacial score (nSPS) is 14.3. The molecule has 0 atom stereocenters. The van der Waals surface area contributed by atoms with Crippen LogP contribution in [0.5, 0.6) is 0 Å². The first kappa shape index (κ1) is 18.2. The lowest BCUT2D eigenvalue weighted by atomic mass is 10.1. The summed E-state index contributed by atoms with van der Waals surface area (Å²) in [6.45, 7) is 11.3. The van der Waals surface area contributed by atoms with Gasteiger partial charge in [0, 0.05) is 36.6 Å². The minimum Gasteiger partial charge on any atom is -0.378 e. The van der Waals surface area contributed by atoms with Crippen LogP contribution in [0.25, 0.3) is 0 Å². The molecular formula is C20H24FN3O2. The molecule has 0 unspecified atom stereocenters. The van der Waals surface area contributed by atoms with Gasteiger partial charge in [-0.1, -0.05) is 12.1 Å². The van der Waals surface area contributed by atoms with Gasteiger partial charge in [-0.2, -0.15) is 0 Å². The largest absolute Gasteiger partial charge is 0.378 e. The standard InChI is InChI=1S/C20H24FN3O2/c1-4-8-24-15(3)18(23-9-11-26-12-10-23)14(2)19(24)20(25)22-17-7-5-6-16(21)13-17/h4-7,13H,1,8-12H2,2-3H3,(H,22,25). The number of carbonyl (C=O) groups is 1. The number of rotatable bonds is 5. The molecular weight excluding hydrogens is 333 g/mol. The fourth-order valence-corrected chi connectivity index (χ4v) is 3.54. The molecule has 1 aliphatic rings. The maximum atomic E-state index is 13.4. The third-order valence-corrected chi connectivity index (χ3v) is 4.66. The van der Waals surface area contributed by atoms with Crippen LogP contribution >= 0.6 is 0 Å². The SMILES string of the molecule is C=CCn1c(C)c(N2CCOCC2)c(C)c1C(=O)Nc1cccc(F)c1. The number of nitrogens with one attached hydrogen (secondary N) is 1. The number of aromatic nitrogens is 1. The Morgan fingerprint density at radius 3 is 2.73 bits per heavy atom. The van der Waals surface area contributed by atoms with Crippen LogP contribution < -0.4 is 10.2 Å². The van der Waals surface area contributed by atoms with Gasteiger partial charge in [-0.15, -0.1) is 6.58 Å². The van der Waals surface area contributed by atoms with Gasteiger partial charge in [-0.05, 0) is 32.0 Å². The van der Waals surface area contributed by atoms with Crippen molar-refractivity contribution in [2.24, 2.45) is 0 Å². The summed E-state index contributed by atoms with van der Waals surface area (Å²) in [5.74, 6) is -0.635. The van der Waals surface area contributed by atoms with E-state index < -0.39 is 0 Å². The topological polar surface area (TPSA) is 46.5 Å². The maximum absolute atomic E-state index is 13.4. The number of morpholine rings is 1. The Morgan fingerprint density at radius 2 is 2.08 bits per heavy atom. The van der Waals surface area contributed by atoms with Crippen molar-refractivity contribution in [1.29, 1.82) is 0 Å². The third-order valence-electron chi connectivity index (χ3n) is 4.66. The molecule has 3 rings (SSSR count). The van der Waals surface area contributed by atoms with Gasteiger partial charge in [-0.25, -0.2) is 4.39 Å². The molecule has 1 saturated heterocycles. The van der Waals surface area contributed by atoms with Crippen LogP contribution in [0.1, 0.15) is 21.7 Å². The quantitative estimate of drug-likeness (QED) is 0.833. The maximum Gasteiger partial charge on any atom is 0.272 e. The third kappa shape index (κ3) is 3.51. The summed E-state index contributed by atoms with van der Waals surface area (Å²) in [7, 11) is 0. The molecule has 0 bridgehead atoms. The van der Waals surface area contributed by atoms with Crippen molar-refractivity contribution >= 4 is 17.3 Å². The van der Waals surface area contributed by atoms with Crippen LogP contribution in [-0.4, -0.2) is 36.8 Å². The van der Waals surface area contributed by atoms with Crippen molar-refractivity contribution in [3.05, 3.63) is 59.7 Å². The smallest absolute Gasteiger partial charge is 0.272 e. The summed E-state index contributed by atoms with van der Waals surface area (Å²) in [5.41, 5.74) is 4.02. The van der Waals surface area contributed by atoms with Crippen molar-refractivity contribution in [2.45, 2.75) is 20.4 Å². The van der Waals surface area contributed by atoms with E-state index in [-0.39, 0.29) is 11.7 Å². The Hall–Kier alpha value is -2.60. The Balaban J connectivity index is 1.99. The van der Waals surface area contributed by atoms with Gasteiger partial charge in [0.15, 0.2) is 0 Å². The lowest BCUT2D eigenvalue weighted by Crippen LogP contribution is -2.36. The van der Waals surface area contributed by atoms with Gasteiger partial charge in [0.2, 0.25) is 0 Å². The summed E-state index contributed by atoms with van der Waals surface area (Å²) in [6.07, 6.45) is 1.77. The fourth-order valence-electron chi connectivity index (χ4n) is 3.54. The van der Waals surface area contributed by atoms with E-state index >= 15 is 0 Å². The number of ether oxygens (including phenoxy) is 1. The second-order valence-corrected chi connectivity index (χ2v) is 6.37. The summed E-state index contributed by atoms with van der Waals surface area (Å²) in [5, 5.41) is 2.80. The van der Waals surface area contributed by atoms with E-state index in [1.54, 1.807) is 18.2 Å². The molecule has 5 nitrogen and oxygen atoms in total. The highest BCUT2D eigenvalue weighted by Crippen LogP contribution is 2.32. The van der Waals surface area contributed by atoms with Gasteiger partial charge < -0.3 is 19.5 Å². The summed E-state index contributed by atoms with van der Waals surface area (Å²) in [6, 6.07) is 5.91. The number of hydrogen-bond donors (Lipinski definition) is 1. The molecule has 26 heavy (non-hydrogen) atoms. The molecule has 1 fully saturated rings. The van der Waals surface area contributed by atoms with Crippen molar-refractivity contribution in [3.8, 4) is 0 Å². The zero-order valence-corrected chi connectivity index (χ0v) is 15.2. The molecule has 2 heterocycles. The van der Waals surface area contributed by atoms with E-state index in [1.807, 2.05) is 18.4 Å². The first-order valence-corrected chi connectivity index (χ1v) is 8.73. The van der Waals surface area contributed by atoms with Crippen molar-refractivity contribution in [3.63, 3.8) is 0 Å². The molecule has 0 saturated carbocycles. The first-order chi connectivity index (χ1) is 12.5. The van der Waals surface area contributed by atoms with Crippen molar-refractivity contribution in [1.82, 2.24) is 4.57 Å². The summed E-state index contributed by atoms with van der Waals surface area (Å²) in [4.78, 5) is 15.2. The van der Waals surface area contributed by atoms with E-state index in [2.05, 4.69) is 16.8 Å². The number of allylic oxidation sites excluding steroid dienone is 1. The van der Waals surface area contributed by atoms with Crippen LogP contribution in [0.15, 0.2) is 36.9 Å². The Kier molecular flexibility index (Phi) is 5.42. The number of halogens is 1. The Labute approximate surface area is 153 Å². The predicted molar refractivity (Wildman–Crippen MR) is 101 cm³/mol. The van der Waals surface area contributed by atoms with E-state index in [4.69, 9.17) is 4.74 Å². The number of benzene rings is 1. The highest BCUT2D eigenvalue weighted by Gasteiger charge is 2.26. The zero-order valence-electron chi connectivity index (χ0n) is 15.2. The number of nitrogens with zero attached hydrogens (tertiary/aromatic N) is 2. The lowest BCUT2D eigenvalue weighted by molar-refractivity contribution is 0.101. The minimum atomic E-state index is -0.383. The first-order valence-electron chi connectivity index (χ1n) is 8.73. The number of anilines is 2. The Bertz CT molecular complexity index is 823. The monoisotopic (exact) mass is 357 g/mol. The van der Waals surface area contributed by atoms with Crippen molar-refractivity contribution < 1.29 is 13.9 Å². The molecule has 0 spiro atoms. The highest BCUT2D eigenvalue weighted by atomic mass is 19.1. The fraction of sp³-hybridized carbons (Fsp3) is 0.350. The molecule has 1 amide bonds. The van der Waals surface area contributed by atoms with E-state index in [1.165, 1.54) is 12.1 Å². The molecule has 0 radical (unpaired) electrons. The molecule has 1 N–H and O–H groups in total. The second kappa shape index (κ2) is 7.74. The van der Waals surface area contributed by atoms with E-state index in [9.17, 15) is 9.18 Å². The summed E-state index contributed by atoms with van der Waals surface area (Å²) < 4.78 is 20.8. The van der Waals surface area contributed by atoms with Crippen LogP contribution in [0, 0.1) is 19.7 Å². The van der Waals surface area contributed by atoms with Gasteiger partial charge >= 0.3 is 0 Å². The zero-order chi connectivity index (χ0) is 18.7. The van der Waals surface area contributed by atoms with Gasteiger partial charge in [0.05, 0.1) is 18.9 Å². The van der Waals surface area contributed by atoms with Gasteiger partial charge in [-0.3, -0.25) is 4.79 Å². The molecule has 1 aliphatic heterocycles. The van der Waals surface area contributed by atoms with E-state index in [0.29, 0.717) is 31.1 Å².